The predicted octanol–water partition coefficient (Wildman–Crippen LogP) is 2.48. The lowest BCUT2D eigenvalue weighted by atomic mass is 10.0. The number of nitrogens with zero attached hydrogens (tertiary/aromatic N) is 1. The Kier molecular flexibility index (Phi) is 11.5. The van der Waals surface area contributed by atoms with Gasteiger partial charge < -0.3 is 30.7 Å². The van der Waals surface area contributed by atoms with Gasteiger partial charge in [0.05, 0.1) is 0 Å². The number of alkyl carbamates (subject to hydrolysis) is 1. The molecule has 1 aliphatic rings. The molecule has 202 valence electrons. The average molecular weight is 499 g/mol. The highest BCUT2D eigenvalue weighted by Gasteiger charge is 2.41. The van der Waals surface area contributed by atoms with Crippen molar-refractivity contribution in [2.24, 2.45) is 11.7 Å². The predicted molar refractivity (Wildman–Crippen MR) is 133 cm³/mol. The van der Waals surface area contributed by atoms with Crippen LogP contribution in [0.3, 0.4) is 0 Å². The third kappa shape index (κ3) is 10.8. The van der Waals surface area contributed by atoms with E-state index in [9.17, 15) is 19.2 Å². The van der Waals surface area contributed by atoms with Crippen molar-refractivity contribution < 1.29 is 28.7 Å². The molecule has 0 unspecified atom stereocenters. The summed E-state index contributed by atoms with van der Waals surface area (Å²) in [6.07, 6.45) is 2.15. The molecule has 1 saturated heterocycles. The zero-order chi connectivity index (χ0) is 27.0. The number of unbranched alkanes of at least 4 members (excludes halogenated alkanes) is 1. The molecule has 0 aromatic heterocycles. The van der Waals surface area contributed by atoms with Crippen molar-refractivity contribution in [3.63, 3.8) is 0 Å². The topological polar surface area (TPSA) is 140 Å². The number of nitrogens with two attached hydrogens (primary N) is 1. The van der Waals surface area contributed by atoms with E-state index < -0.39 is 47.3 Å². The Labute approximate surface area is 210 Å². The first-order valence-electron chi connectivity index (χ1n) is 12.6. The standard InChI is InChI=1S/C25H46N4O6/c1-16(2)19(21(31)29-15-11-13-18(29)22(32)34-24(3,4)5)28-20(30)17(12-9-10-14-26)27-23(33)35-25(6,7)8/h16-19H,9-15,26H2,1-8H3,(H,27,33)(H,28,30)/t17-,18-,19-/m0/s1. The van der Waals surface area contributed by atoms with Crippen LogP contribution in [0.15, 0.2) is 0 Å². The molecule has 0 saturated carbocycles. The number of hydrogen-bond acceptors (Lipinski definition) is 7. The van der Waals surface area contributed by atoms with Crippen LogP contribution in [0.25, 0.3) is 0 Å². The summed E-state index contributed by atoms with van der Waals surface area (Å²) in [5.41, 5.74) is 4.20. The highest BCUT2D eigenvalue weighted by molar-refractivity contribution is 5.93. The minimum Gasteiger partial charge on any atom is -0.458 e. The van der Waals surface area contributed by atoms with Crippen LogP contribution in [-0.2, 0) is 23.9 Å². The van der Waals surface area contributed by atoms with Crippen LogP contribution in [0.1, 0.15) is 87.5 Å². The van der Waals surface area contributed by atoms with Gasteiger partial charge in [-0.2, -0.15) is 0 Å². The van der Waals surface area contributed by atoms with Crippen LogP contribution >= 0.6 is 0 Å². The van der Waals surface area contributed by atoms with Gasteiger partial charge in [0.1, 0.15) is 29.3 Å². The van der Waals surface area contributed by atoms with Crippen molar-refractivity contribution >= 4 is 23.9 Å². The summed E-state index contributed by atoms with van der Waals surface area (Å²) in [6, 6.07) is -2.42. The minimum atomic E-state index is -0.884. The SMILES string of the molecule is CC(C)[C@H](NC(=O)[C@H](CCCCN)NC(=O)OC(C)(C)C)C(=O)N1CCC[C@H]1C(=O)OC(C)(C)C. The van der Waals surface area contributed by atoms with Crippen molar-refractivity contribution in [1.29, 1.82) is 0 Å². The van der Waals surface area contributed by atoms with Crippen LogP contribution in [0.5, 0.6) is 0 Å². The van der Waals surface area contributed by atoms with E-state index in [2.05, 4.69) is 10.6 Å². The van der Waals surface area contributed by atoms with E-state index in [1.807, 2.05) is 13.8 Å². The minimum absolute atomic E-state index is 0.238. The number of amides is 3. The van der Waals surface area contributed by atoms with E-state index in [1.54, 1.807) is 41.5 Å². The third-order valence-electron chi connectivity index (χ3n) is 5.40. The van der Waals surface area contributed by atoms with Crippen LogP contribution in [-0.4, -0.2) is 71.2 Å². The number of carbonyl (C=O) groups is 4. The lowest BCUT2D eigenvalue weighted by Gasteiger charge is -2.32. The molecule has 1 rings (SSSR count). The van der Waals surface area contributed by atoms with Gasteiger partial charge in [-0.25, -0.2) is 9.59 Å². The van der Waals surface area contributed by atoms with Crippen LogP contribution in [0.2, 0.25) is 0 Å². The molecule has 10 nitrogen and oxygen atoms in total. The quantitative estimate of drug-likeness (QED) is 0.310. The lowest BCUT2D eigenvalue weighted by Crippen LogP contribution is -2.58. The summed E-state index contributed by atoms with van der Waals surface area (Å²) in [4.78, 5) is 53.2. The van der Waals surface area contributed by atoms with Crippen LogP contribution in [0.4, 0.5) is 4.79 Å². The van der Waals surface area contributed by atoms with Gasteiger partial charge in [-0.3, -0.25) is 9.59 Å². The normalized spacial score (nSPS) is 18.1. The van der Waals surface area contributed by atoms with Crippen molar-refractivity contribution in [1.82, 2.24) is 15.5 Å². The summed E-state index contributed by atoms with van der Waals surface area (Å²) in [5, 5.41) is 5.44. The first kappa shape index (κ1) is 30.7. The van der Waals surface area contributed by atoms with Gasteiger partial charge in [0.2, 0.25) is 11.8 Å². The van der Waals surface area contributed by atoms with E-state index in [4.69, 9.17) is 15.2 Å². The van der Waals surface area contributed by atoms with Crippen LogP contribution < -0.4 is 16.4 Å². The summed E-state index contributed by atoms with van der Waals surface area (Å²) in [7, 11) is 0. The Morgan fingerprint density at radius 1 is 0.971 bits per heavy atom. The number of likely N-dealkylation sites (tertiary alicyclic amines) is 1. The third-order valence-corrected chi connectivity index (χ3v) is 5.40. The van der Waals surface area contributed by atoms with E-state index in [-0.39, 0.29) is 11.8 Å². The molecule has 35 heavy (non-hydrogen) atoms. The fourth-order valence-electron chi connectivity index (χ4n) is 3.80. The second-order valence-corrected chi connectivity index (χ2v) is 11.4. The molecular weight excluding hydrogens is 452 g/mol. The molecule has 0 aromatic rings. The van der Waals surface area contributed by atoms with Gasteiger partial charge in [-0.1, -0.05) is 13.8 Å². The van der Waals surface area contributed by atoms with Gasteiger partial charge in [-0.05, 0) is 86.1 Å². The Hall–Kier alpha value is -2.36. The van der Waals surface area contributed by atoms with Crippen molar-refractivity contribution in [2.45, 2.75) is 117 Å². The zero-order valence-corrected chi connectivity index (χ0v) is 22.7. The number of hydrogen-bond donors (Lipinski definition) is 3. The smallest absolute Gasteiger partial charge is 0.408 e. The first-order valence-corrected chi connectivity index (χ1v) is 12.6. The van der Waals surface area contributed by atoms with Gasteiger partial charge in [0, 0.05) is 6.54 Å². The van der Waals surface area contributed by atoms with Crippen molar-refractivity contribution in [2.75, 3.05) is 13.1 Å². The highest BCUT2D eigenvalue weighted by Crippen LogP contribution is 2.23. The molecule has 1 aliphatic heterocycles. The Bertz CT molecular complexity index is 741. The fraction of sp³-hybridized carbons (Fsp3) is 0.840. The summed E-state index contributed by atoms with van der Waals surface area (Å²) >= 11 is 0. The van der Waals surface area contributed by atoms with Crippen molar-refractivity contribution in [3.8, 4) is 0 Å². The summed E-state index contributed by atoms with van der Waals surface area (Å²) < 4.78 is 10.8. The number of ether oxygens (including phenoxy) is 2. The molecule has 0 aromatic carbocycles. The van der Waals surface area contributed by atoms with E-state index in [0.717, 1.165) is 0 Å². The number of rotatable bonds is 10. The maximum absolute atomic E-state index is 13.5. The Morgan fingerprint density at radius 2 is 1.57 bits per heavy atom. The molecule has 1 heterocycles. The number of carbonyl (C=O) groups excluding carboxylic acids is 4. The summed E-state index contributed by atoms with van der Waals surface area (Å²) in [5.74, 6) is -1.49. The summed E-state index contributed by atoms with van der Waals surface area (Å²) in [6.45, 7) is 15.1. The molecule has 0 radical (unpaired) electrons. The van der Waals surface area contributed by atoms with Gasteiger partial charge in [0.15, 0.2) is 0 Å². The molecular formula is C25H46N4O6. The van der Waals surface area contributed by atoms with E-state index in [1.165, 1.54) is 4.90 Å². The number of esters is 1. The zero-order valence-electron chi connectivity index (χ0n) is 22.7. The molecule has 3 amide bonds. The molecule has 0 spiro atoms. The molecule has 4 N–H and O–H groups in total. The Morgan fingerprint density at radius 3 is 2.09 bits per heavy atom. The van der Waals surface area contributed by atoms with Gasteiger partial charge in [-0.15, -0.1) is 0 Å². The van der Waals surface area contributed by atoms with Crippen LogP contribution in [0, 0.1) is 5.92 Å². The maximum Gasteiger partial charge on any atom is 0.408 e. The van der Waals surface area contributed by atoms with E-state index >= 15 is 0 Å². The molecule has 0 bridgehead atoms. The number of nitrogens with one attached hydrogen (secondary N) is 2. The van der Waals surface area contributed by atoms with Gasteiger partial charge in [0.25, 0.3) is 0 Å². The highest BCUT2D eigenvalue weighted by atomic mass is 16.6. The first-order chi connectivity index (χ1) is 16.1. The molecule has 0 aliphatic carbocycles. The Balaban J connectivity index is 2.99. The molecule has 1 fully saturated rings. The van der Waals surface area contributed by atoms with Crippen molar-refractivity contribution in [3.05, 3.63) is 0 Å². The fourth-order valence-corrected chi connectivity index (χ4v) is 3.80. The lowest BCUT2D eigenvalue weighted by molar-refractivity contribution is -0.163. The maximum atomic E-state index is 13.5. The molecule has 10 heteroatoms. The second kappa shape index (κ2) is 13.1. The average Bonchev–Trinajstić information content (AvgIpc) is 3.18. The molecule has 3 atom stereocenters. The monoisotopic (exact) mass is 498 g/mol. The van der Waals surface area contributed by atoms with Gasteiger partial charge >= 0.3 is 12.1 Å². The largest absolute Gasteiger partial charge is 0.458 e. The van der Waals surface area contributed by atoms with E-state index in [0.29, 0.717) is 45.2 Å². The second-order valence-electron chi connectivity index (χ2n) is 11.4.